The van der Waals surface area contributed by atoms with Crippen LogP contribution in [0.4, 0.5) is 11.6 Å². The van der Waals surface area contributed by atoms with Crippen LogP contribution in [0.25, 0.3) is 11.0 Å². The van der Waals surface area contributed by atoms with Gasteiger partial charge < -0.3 is 0 Å². The Kier molecular flexibility index (Phi) is 10.8. The molecule has 0 saturated heterocycles. The van der Waals surface area contributed by atoms with Gasteiger partial charge in [-0.2, -0.15) is 10.2 Å². The summed E-state index contributed by atoms with van der Waals surface area (Å²) in [6, 6.07) is 51.9. The average molecular weight is 786 g/mol. The number of hydrogen-bond acceptors (Lipinski definition) is 4. The minimum Gasteiger partial charge on any atom is -0.228 e. The van der Waals surface area contributed by atoms with Gasteiger partial charge in [0, 0.05) is 22.3 Å². The zero-order chi connectivity index (χ0) is 38.6. The topological polar surface area (TPSA) is 59.3 Å². The highest BCUT2D eigenvalue weighted by molar-refractivity contribution is 9.10. The molecule has 8 rings (SSSR count). The van der Waals surface area contributed by atoms with Gasteiger partial charge in [0.2, 0.25) is 0 Å². The fourth-order valence-corrected chi connectivity index (χ4v) is 6.66. The van der Waals surface area contributed by atoms with Gasteiger partial charge in [-0.25, -0.2) is 19.0 Å². The van der Waals surface area contributed by atoms with Gasteiger partial charge in [0.15, 0.2) is 11.6 Å². The van der Waals surface area contributed by atoms with Crippen LogP contribution in [0.1, 0.15) is 74.9 Å². The summed E-state index contributed by atoms with van der Waals surface area (Å²) in [5.74, 6) is 1.65. The second kappa shape index (κ2) is 15.8. The normalized spacial score (nSPS) is 11.5. The molecule has 4 aromatic carbocycles. The van der Waals surface area contributed by atoms with Crippen molar-refractivity contribution in [3.05, 3.63) is 202 Å². The summed E-state index contributed by atoms with van der Waals surface area (Å²) in [6.45, 7) is 13.3. The molecule has 0 N–H and O–H groups in total. The van der Waals surface area contributed by atoms with Crippen LogP contribution in [0.15, 0.2) is 179 Å². The van der Waals surface area contributed by atoms with Crippen LogP contribution in [0.2, 0.25) is 0 Å². The number of pyridine rings is 2. The van der Waals surface area contributed by atoms with Crippen molar-refractivity contribution in [2.24, 2.45) is 9.98 Å². The maximum absolute atomic E-state index is 5.11. The lowest BCUT2D eigenvalue weighted by Gasteiger charge is -2.20. The van der Waals surface area contributed by atoms with Crippen molar-refractivity contribution in [3.8, 4) is 0 Å². The first-order valence-corrected chi connectivity index (χ1v) is 19.3. The number of fused-ring (bicyclic) bond motifs is 2. The molecule has 0 spiro atoms. The van der Waals surface area contributed by atoms with Crippen molar-refractivity contribution in [2.45, 2.75) is 52.4 Å². The first-order valence-electron chi connectivity index (χ1n) is 18.5. The number of nitrogens with zero attached hydrogens (tertiary/aromatic N) is 6. The zero-order valence-corrected chi connectivity index (χ0v) is 33.7. The van der Waals surface area contributed by atoms with E-state index in [1.54, 1.807) is 0 Å². The molecule has 0 fully saturated rings. The number of halogens is 1. The third-order valence-corrected chi connectivity index (χ3v) is 10.0. The predicted octanol–water partition coefficient (Wildman–Crippen LogP) is 12.4. The van der Waals surface area contributed by atoms with Crippen molar-refractivity contribution in [3.63, 3.8) is 0 Å². The summed E-state index contributed by atoms with van der Waals surface area (Å²) in [4.78, 5) is 10.2. The van der Waals surface area contributed by atoms with E-state index in [-0.39, 0.29) is 10.8 Å². The van der Waals surface area contributed by atoms with Gasteiger partial charge in [-0.15, -0.1) is 0 Å². The molecule has 0 bridgehead atoms. The Labute approximate surface area is 332 Å². The summed E-state index contributed by atoms with van der Waals surface area (Å²) < 4.78 is 4.77. The van der Waals surface area contributed by atoms with Gasteiger partial charge in [0.25, 0.3) is 0 Å². The van der Waals surface area contributed by atoms with E-state index in [1.807, 2.05) is 100 Å². The van der Waals surface area contributed by atoms with Gasteiger partial charge in [0.05, 0.1) is 39.3 Å². The van der Waals surface area contributed by atoms with E-state index in [1.165, 1.54) is 11.1 Å². The summed E-state index contributed by atoms with van der Waals surface area (Å²) in [5, 5.41) is 9.04. The second-order valence-corrected chi connectivity index (χ2v) is 16.4. The predicted molar refractivity (Wildman–Crippen MR) is 232 cm³/mol. The SMILES string of the molecule is CC(C)(C)c1cc(N=C(c2ccccc2)c2ccccc2)n2ncc(Br)c2c1.CC(C)(C)c1cc(N=C(c2ccccc2)c2ccccc2)n2nccc2c1. The molecule has 7 heteroatoms. The maximum Gasteiger partial charge on any atom is 0.155 e. The molecule has 0 aliphatic heterocycles. The van der Waals surface area contributed by atoms with E-state index in [9.17, 15) is 0 Å². The second-order valence-electron chi connectivity index (χ2n) is 15.5. The molecule has 0 saturated carbocycles. The van der Waals surface area contributed by atoms with Gasteiger partial charge in [-0.3, -0.25) is 0 Å². The van der Waals surface area contributed by atoms with Crippen molar-refractivity contribution < 1.29 is 0 Å². The smallest absolute Gasteiger partial charge is 0.155 e. The Morgan fingerprint density at radius 1 is 0.491 bits per heavy atom. The summed E-state index contributed by atoms with van der Waals surface area (Å²) in [5.41, 5.74) is 10.8. The molecule has 0 amide bonds. The molecule has 0 radical (unpaired) electrons. The molecule has 0 aliphatic carbocycles. The van der Waals surface area contributed by atoms with Crippen LogP contribution in [-0.2, 0) is 10.8 Å². The van der Waals surface area contributed by atoms with Crippen LogP contribution in [-0.4, -0.2) is 30.7 Å². The molecule has 0 aliphatic rings. The van der Waals surface area contributed by atoms with Gasteiger partial charge >= 0.3 is 0 Å². The molecule has 55 heavy (non-hydrogen) atoms. The molecule has 274 valence electrons. The molecule has 0 atom stereocenters. The van der Waals surface area contributed by atoms with E-state index < -0.39 is 0 Å². The summed E-state index contributed by atoms with van der Waals surface area (Å²) in [6.07, 6.45) is 3.65. The van der Waals surface area contributed by atoms with Gasteiger partial charge in [0.1, 0.15) is 0 Å². The average Bonchev–Trinajstić information content (AvgIpc) is 3.83. The summed E-state index contributed by atoms with van der Waals surface area (Å²) in [7, 11) is 0. The molecule has 8 aromatic rings. The van der Waals surface area contributed by atoms with Crippen LogP contribution in [0, 0.1) is 0 Å². The highest BCUT2D eigenvalue weighted by atomic mass is 79.9. The Morgan fingerprint density at radius 2 is 0.891 bits per heavy atom. The number of benzene rings is 4. The van der Waals surface area contributed by atoms with Crippen molar-refractivity contribution >= 4 is 50.0 Å². The highest BCUT2D eigenvalue weighted by Crippen LogP contribution is 2.32. The molecular weight excluding hydrogens is 740 g/mol. The van der Waals surface area contributed by atoms with Gasteiger partial charge in [-0.1, -0.05) is 163 Å². The molecule has 4 aromatic heterocycles. The van der Waals surface area contributed by atoms with Crippen LogP contribution < -0.4 is 0 Å². The minimum absolute atomic E-state index is 0.00931. The zero-order valence-electron chi connectivity index (χ0n) is 32.1. The largest absolute Gasteiger partial charge is 0.228 e. The van der Waals surface area contributed by atoms with Crippen molar-refractivity contribution in [2.75, 3.05) is 0 Å². The van der Waals surface area contributed by atoms with Crippen LogP contribution in [0.3, 0.4) is 0 Å². The number of hydrogen-bond donors (Lipinski definition) is 0. The van der Waals surface area contributed by atoms with Gasteiger partial charge in [-0.05, 0) is 68.2 Å². The molecule has 4 heterocycles. The molecular formula is C48H45BrN6. The quantitative estimate of drug-likeness (QED) is 0.158. The van der Waals surface area contributed by atoms with Crippen molar-refractivity contribution in [1.82, 2.24) is 19.2 Å². The Hall–Kier alpha value is -5.92. The lowest BCUT2D eigenvalue weighted by molar-refractivity contribution is 0.589. The third-order valence-electron chi connectivity index (χ3n) is 9.40. The van der Waals surface area contributed by atoms with E-state index in [0.717, 1.165) is 60.8 Å². The highest BCUT2D eigenvalue weighted by Gasteiger charge is 2.20. The fraction of sp³-hybridized carbons (Fsp3) is 0.167. The molecule has 0 unspecified atom stereocenters. The Bertz CT molecular complexity index is 2510. The Balaban J connectivity index is 0.000000169. The van der Waals surface area contributed by atoms with Crippen LogP contribution in [0.5, 0.6) is 0 Å². The van der Waals surface area contributed by atoms with E-state index in [4.69, 9.17) is 9.98 Å². The van der Waals surface area contributed by atoms with E-state index in [0.29, 0.717) is 0 Å². The number of aliphatic imine (C=N–C) groups is 2. The van der Waals surface area contributed by atoms with Crippen molar-refractivity contribution in [1.29, 1.82) is 0 Å². The number of aromatic nitrogens is 4. The lowest BCUT2D eigenvalue weighted by Crippen LogP contribution is -2.12. The first-order chi connectivity index (χ1) is 26.5. The summed E-state index contributed by atoms with van der Waals surface area (Å²) >= 11 is 3.63. The standard InChI is InChI=1S/C24H22BrN3.C24H23N3/c1-24(2,3)19-14-21-20(25)16-26-28(21)22(15-19)27-23(17-10-6-4-7-11-17)18-12-8-5-9-13-18;1-24(2,3)20-16-21-14-15-25-27(21)22(17-20)26-23(18-10-6-4-7-11-18)19-12-8-5-9-13-19/h4-16H,1-3H3;4-17H,1-3H3. The lowest BCUT2D eigenvalue weighted by atomic mass is 9.87. The fourth-order valence-electron chi connectivity index (χ4n) is 6.29. The number of rotatable bonds is 6. The van der Waals surface area contributed by atoms with E-state index >= 15 is 0 Å². The monoisotopic (exact) mass is 784 g/mol. The first kappa shape index (κ1) is 37.4. The Morgan fingerprint density at radius 3 is 1.31 bits per heavy atom. The maximum atomic E-state index is 5.11. The minimum atomic E-state index is 0.00931. The third kappa shape index (κ3) is 8.58. The van der Waals surface area contributed by atoms with Crippen LogP contribution >= 0.6 is 15.9 Å². The molecule has 6 nitrogen and oxygen atoms in total. The van der Waals surface area contributed by atoms with E-state index in [2.05, 4.69) is 140 Å².